The number of aromatic nitrogens is 2. The van der Waals surface area contributed by atoms with Gasteiger partial charge >= 0.3 is 0 Å². The quantitative estimate of drug-likeness (QED) is 0.543. The standard InChI is InChI=1S/C25H29N5O4S/c1-29-22-7-4-17(16-30-12-10-26-11-13-30)14-19(22)20-15-18(5-8-23(20)29)35(31,32)28-21-6-9-24(33-2)27-25(21)34-3/h4-9,15-16,26,28H,10-14H2,1-3H3. The molecule has 0 atom stereocenters. The number of fused-ring (bicyclic) bond motifs is 3. The Balaban J connectivity index is 1.49. The van der Waals surface area contributed by atoms with E-state index in [0.29, 0.717) is 5.88 Å². The van der Waals surface area contributed by atoms with Gasteiger partial charge in [0.25, 0.3) is 10.0 Å². The third-order valence-electron chi connectivity index (χ3n) is 6.45. The van der Waals surface area contributed by atoms with E-state index < -0.39 is 10.0 Å². The summed E-state index contributed by atoms with van der Waals surface area (Å²) in [6, 6.07) is 8.39. The lowest BCUT2D eigenvalue weighted by Crippen LogP contribution is -2.40. The Morgan fingerprint density at radius 3 is 2.63 bits per heavy atom. The smallest absolute Gasteiger partial charge is 0.262 e. The number of benzene rings is 1. The Morgan fingerprint density at radius 2 is 1.89 bits per heavy atom. The summed E-state index contributed by atoms with van der Waals surface area (Å²) in [6.45, 7) is 3.93. The van der Waals surface area contributed by atoms with Crippen LogP contribution >= 0.6 is 0 Å². The van der Waals surface area contributed by atoms with Crippen molar-refractivity contribution < 1.29 is 17.9 Å². The molecule has 1 aliphatic carbocycles. The average Bonchev–Trinajstić information content (AvgIpc) is 3.15. The second-order valence-electron chi connectivity index (χ2n) is 8.62. The molecule has 1 aliphatic heterocycles. The van der Waals surface area contributed by atoms with Gasteiger partial charge in [-0.25, -0.2) is 8.42 Å². The second-order valence-corrected chi connectivity index (χ2v) is 10.3. The number of aryl methyl sites for hydroxylation is 1. The molecule has 1 fully saturated rings. The SMILES string of the molecule is COc1ccc(NS(=O)(=O)c2ccc3c(c2)c2c(n3C)C=CC(=CN3CCNCC3)C2)c(OC)n1. The number of nitrogens with zero attached hydrogens (tertiary/aromatic N) is 3. The molecule has 184 valence electrons. The largest absolute Gasteiger partial charge is 0.481 e. The zero-order valence-corrected chi connectivity index (χ0v) is 20.9. The summed E-state index contributed by atoms with van der Waals surface area (Å²) in [6.07, 6.45) is 7.25. The van der Waals surface area contributed by atoms with Gasteiger partial charge in [-0.05, 0) is 41.5 Å². The van der Waals surface area contributed by atoms with Crippen molar-refractivity contribution in [3.8, 4) is 11.8 Å². The zero-order valence-electron chi connectivity index (χ0n) is 20.0. The number of allylic oxidation sites excluding steroid dienone is 2. The third kappa shape index (κ3) is 4.46. The molecule has 9 nitrogen and oxygen atoms in total. The first kappa shape index (κ1) is 23.3. The zero-order chi connectivity index (χ0) is 24.6. The lowest BCUT2D eigenvalue weighted by molar-refractivity contribution is 0.322. The fourth-order valence-corrected chi connectivity index (χ4v) is 5.73. The molecular formula is C25H29N5O4S. The van der Waals surface area contributed by atoms with Crippen LogP contribution in [-0.2, 0) is 23.5 Å². The number of methoxy groups -OCH3 is 2. The number of rotatable bonds is 6. The highest BCUT2D eigenvalue weighted by Gasteiger charge is 2.23. The second kappa shape index (κ2) is 9.27. The van der Waals surface area contributed by atoms with Crippen molar-refractivity contribution in [1.82, 2.24) is 19.8 Å². The van der Waals surface area contributed by atoms with Gasteiger partial charge in [-0.3, -0.25) is 4.72 Å². The van der Waals surface area contributed by atoms with E-state index in [2.05, 4.69) is 42.8 Å². The van der Waals surface area contributed by atoms with Crippen LogP contribution < -0.4 is 19.5 Å². The van der Waals surface area contributed by atoms with Crippen molar-refractivity contribution in [1.29, 1.82) is 0 Å². The minimum atomic E-state index is -3.88. The van der Waals surface area contributed by atoms with E-state index in [1.54, 1.807) is 24.3 Å². The molecule has 0 amide bonds. The fraction of sp³-hybridized carbons (Fsp3) is 0.320. The average molecular weight is 496 g/mol. The van der Waals surface area contributed by atoms with E-state index in [1.807, 2.05) is 13.1 Å². The predicted molar refractivity (Wildman–Crippen MR) is 136 cm³/mol. The minimum Gasteiger partial charge on any atom is -0.481 e. The van der Waals surface area contributed by atoms with Crippen LogP contribution in [0.3, 0.4) is 0 Å². The summed E-state index contributed by atoms with van der Waals surface area (Å²) >= 11 is 0. The van der Waals surface area contributed by atoms with Crippen molar-refractivity contribution in [3.05, 3.63) is 59.4 Å². The monoisotopic (exact) mass is 495 g/mol. The highest BCUT2D eigenvalue weighted by atomic mass is 32.2. The Kier molecular flexibility index (Phi) is 6.16. The van der Waals surface area contributed by atoms with E-state index >= 15 is 0 Å². The van der Waals surface area contributed by atoms with Crippen LogP contribution in [0.5, 0.6) is 11.8 Å². The molecule has 35 heavy (non-hydrogen) atoms. The number of hydrogen-bond acceptors (Lipinski definition) is 7. The molecule has 1 aromatic carbocycles. The highest BCUT2D eigenvalue weighted by Crippen LogP contribution is 2.34. The van der Waals surface area contributed by atoms with Gasteiger partial charge in [-0.2, -0.15) is 4.98 Å². The fourth-order valence-electron chi connectivity index (χ4n) is 4.64. The van der Waals surface area contributed by atoms with Crippen molar-refractivity contribution in [2.24, 2.45) is 7.05 Å². The topological polar surface area (TPSA) is 97.7 Å². The molecule has 2 aliphatic rings. The van der Waals surface area contributed by atoms with Gasteiger partial charge in [0.2, 0.25) is 11.8 Å². The molecule has 0 bridgehead atoms. The summed E-state index contributed by atoms with van der Waals surface area (Å²) < 4.78 is 41.7. The number of pyridine rings is 1. The van der Waals surface area contributed by atoms with Gasteiger partial charge < -0.3 is 24.3 Å². The maximum atomic E-state index is 13.3. The summed E-state index contributed by atoms with van der Waals surface area (Å²) in [5.41, 5.74) is 4.68. The maximum Gasteiger partial charge on any atom is 0.262 e. The van der Waals surface area contributed by atoms with Crippen molar-refractivity contribution in [3.63, 3.8) is 0 Å². The van der Waals surface area contributed by atoms with Gasteiger partial charge in [-0.1, -0.05) is 6.08 Å². The van der Waals surface area contributed by atoms with Crippen LogP contribution in [0.15, 0.2) is 53.1 Å². The molecule has 3 heterocycles. The first-order chi connectivity index (χ1) is 16.9. The molecule has 0 unspecified atom stereocenters. The van der Waals surface area contributed by atoms with E-state index in [-0.39, 0.29) is 16.5 Å². The summed E-state index contributed by atoms with van der Waals surface area (Å²) in [5.74, 6) is 0.471. The number of nitrogens with one attached hydrogen (secondary N) is 2. The Labute approximate surface area is 205 Å². The Hall–Kier alpha value is -3.50. The van der Waals surface area contributed by atoms with Gasteiger partial charge in [-0.15, -0.1) is 0 Å². The van der Waals surface area contributed by atoms with Crippen molar-refractivity contribution in [2.45, 2.75) is 11.3 Å². The van der Waals surface area contributed by atoms with Crippen LogP contribution in [0.25, 0.3) is 17.0 Å². The molecule has 5 rings (SSSR count). The number of sulfonamides is 1. The molecule has 2 aromatic heterocycles. The molecule has 0 radical (unpaired) electrons. The van der Waals surface area contributed by atoms with Crippen LogP contribution in [0, 0.1) is 0 Å². The summed E-state index contributed by atoms with van der Waals surface area (Å²) in [7, 11) is 1.05. The van der Waals surface area contributed by atoms with E-state index in [0.717, 1.165) is 54.8 Å². The third-order valence-corrected chi connectivity index (χ3v) is 7.82. The molecule has 2 N–H and O–H groups in total. The molecule has 10 heteroatoms. The van der Waals surface area contributed by atoms with Gasteiger partial charge in [0.05, 0.1) is 19.1 Å². The predicted octanol–water partition coefficient (Wildman–Crippen LogP) is 2.75. The number of hydrogen-bond donors (Lipinski definition) is 2. The molecule has 0 spiro atoms. The number of anilines is 1. The number of piperazine rings is 1. The summed E-state index contributed by atoms with van der Waals surface area (Å²) in [5, 5.41) is 4.30. The first-order valence-electron chi connectivity index (χ1n) is 11.5. The van der Waals surface area contributed by atoms with Gasteiger partial charge in [0.1, 0.15) is 5.69 Å². The normalized spacial score (nSPS) is 17.0. The van der Waals surface area contributed by atoms with Gasteiger partial charge in [0, 0.05) is 68.5 Å². The molecule has 3 aromatic rings. The highest BCUT2D eigenvalue weighted by molar-refractivity contribution is 7.92. The first-order valence-corrected chi connectivity index (χ1v) is 12.9. The van der Waals surface area contributed by atoms with E-state index in [9.17, 15) is 8.42 Å². The van der Waals surface area contributed by atoms with Crippen molar-refractivity contribution in [2.75, 3.05) is 45.1 Å². The van der Waals surface area contributed by atoms with Crippen LogP contribution in [0.1, 0.15) is 11.3 Å². The van der Waals surface area contributed by atoms with Crippen LogP contribution in [-0.4, -0.2) is 63.3 Å². The van der Waals surface area contributed by atoms with Crippen molar-refractivity contribution >= 4 is 32.7 Å². The van der Waals surface area contributed by atoms with E-state index in [4.69, 9.17) is 9.47 Å². The lowest BCUT2D eigenvalue weighted by atomic mass is 9.97. The maximum absolute atomic E-state index is 13.3. The summed E-state index contributed by atoms with van der Waals surface area (Å²) in [4.78, 5) is 6.67. The van der Waals surface area contributed by atoms with Crippen LogP contribution in [0.4, 0.5) is 5.69 Å². The Morgan fingerprint density at radius 1 is 1.09 bits per heavy atom. The molecular weight excluding hydrogens is 466 g/mol. The number of ether oxygens (including phenoxy) is 2. The Bertz CT molecular complexity index is 1440. The van der Waals surface area contributed by atoms with Gasteiger partial charge in [0.15, 0.2) is 0 Å². The van der Waals surface area contributed by atoms with Crippen LogP contribution in [0.2, 0.25) is 0 Å². The lowest BCUT2D eigenvalue weighted by Gasteiger charge is -2.27. The molecule has 0 saturated carbocycles. The van der Waals surface area contributed by atoms with E-state index in [1.165, 1.54) is 19.8 Å². The minimum absolute atomic E-state index is 0.138. The molecule has 1 saturated heterocycles.